The molecule has 0 N–H and O–H groups in total. The lowest BCUT2D eigenvalue weighted by Gasteiger charge is -2.31. The molecule has 3 rings (SSSR count). The van der Waals surface area contributed by atoms with Crippen LogP contribution in [-0.2, 0) is 26.1 Å². The highest BCUT2D eigenvalue weighted by molar-refractivity contribution is 7.88. The number of ether oxygens (including phenoxy) is 1. The zero-order chi connectivity index (χ0) is 18.7. The van der Waals surface area contributed by atoms with E-state index in [1.807, 2.05) is 28.8 Å². The number of fused-ring (bicyclic) bond motifs is 1. The van der Waals surface area contributed by atoms with Gasteiger partial charge in [-0.05, 0) is 25.0 Å². The first-order valence-electron chi connectivity index (χ1n) is 8.54. The first kappa shape index (κ1) is 19.2. The molecule has 0 spiro atoms. The summed E-state index contributed by atoms with van der Waals surface area (Å²) in [4.78, 5) is 17.7. The van der Waals surface area contributed by atoms with Crippen molar-refractivity contribution < 1.29 is 17.9 Å². The van der Waals surface area contributed by atoms with Crippen LogP contribution < -0.4 is 4.80 Å². The lowest BCUT2D eigenvalue weighted by atomic mass is 10.0. The van der Waals surface area contributed by atoms with Gasteiger partial charge in [-0.15, -0.1) is 0 Å². The van der Waals surface area contributed by atoms with Crippen molar-refractivity contribution in [3.8, 4) is 0 Å². The van der Waals surface area contributed by atoms with Gasteiger partial charge < -0.3 is 9.30 Å². The van der Waals surface area contributed by atoms with Crippen LogP contribution in [-0.4, -0.2) is 55.8 Å². The van der Waals surface area contributed by atoms with Crippen molar-refractivity contribution in [1.29, 1.82) is 0 Å². The van der Waals surface area contributed by atoms with Crippen LogP contribution in [0.3, 0.4) is 0 Å². The summed E-state index contributed by atoms with van der Waals surface area (Å²) in [6.07, 6.45) is 3.26. The number of hydrogen-bond acceptors (Lipinski definition) is 5. The second-order valence-corrected chi connectivity index (χ2v) is 9.28. The topological polar surface area (TPSA) is 81.0 Å². The number of carbonyl (C=O) groups excluding carboxylic acids is 1. The Labute approximate surface area is 157 Å². The highest BCUT2D eigenvalue weighted by Crippen LogP contribution is 2.21. The molecule has 1 atom stereocenters. The molecule has 0 saturated carbocycles. The van der Waals surface area contributed by atoms with Crippen molar-refractivity contribution in [1.82, 2.24) is 8.87 Å². The van der Waals surface area contributed by atoms with Crippen molar-refractivity contribution in [3.05, 3.63) is 29.1 Å². The molecule has 0 radical (unpaired) electrons. The maximum atomic E-state index is 12.8. The molecule has 0 aliphatic carbocycles. The Morgan fingerprint density at radius 2 is 2.12 bits per heavy atom. The number of piperidine rings is 1. The largest absolute Gasteiger partial charge is 0.383 e. The fraction of sp³-hybridized carbons (Fsp3) is 0.529. The molecule has 1 aliphatic rings. The molecule has 26 heavy (non-hydrogen) atoms. The third kappa shape index (κ3) is 4.06. The third-order valence-corrected chi connectivity index (χ3v) is 6.83. The van der Waals surface area contributed by atoms with Gasteiger partial charge in [0.2, 0.25) is 10.0 Å². The number of thiazole rings is 1. The highest BCUT2D eigenvalue weighted by Gasteiger charge is 2.34. The van der Waals surface area contributed by atoms with Crippen LogP contribution in [0.2, 0.25) is 0 Å². The van der Waals surface area contributed by atoms with E-state index >= 15 is 0 Å². The molecule has 0 bridgehead atoms. The highest BCUT2D eigenvalue weighted by atomic mass is 32.2. The van der Waals surface area contributed by atoms with Gasteiger partial charge in [0.15, 0.2) is 4.80 Å². The van der Waals surface area contributed by atoms with E-state index in [2.05, 4.69) is 4.99 Å². The molecule has 1 saturated heterocycles. The molecule has 2 heterocycles. The van der Waals surface area contributed by atoms with Gasteiger partial charge in [-0.1, -0.05) is 29.9 Å². The van der Waals surface area contributed by atoms with E-state index in [-0.39, 0.29) is 0 Å². The molecule has 7 nitrogen and oxygen atoms in total. The molecule has 1 aromatic heterocycles. The molecule has 9 heteroatoms. The van der Waals surface area contributed by atoms with Crippen LogP contribution in [0.25, 0.3) is 10.2 Å². The second-order valence-electron chi connectivity index (χ2n) is 6.33. The van der Waals surface area contributed by atoms with Crippen molar-refractivity contribution in [3.63, 3.8) is 0 Å². The molecule has 1 fully saturated rings. The van der Waals surface area contributed by atoms with Crippen LogP contribution in [0, 0.1) is 0 Å². The first-order chi connectivity index (χ1) is 12.4. The Balaban J connectivity index is 2.01. The second kappa shape index (κ2) is 7.99. The summed E-state index contributed by atoms with van der Waals surface area (Å²) >= 11 is 1.43. The van der Waals surface area contributed by atoms with Gasteiger partial charge in [-0.25, -0.2) is 8.42 Å². The minimum Gasteiger partial charge on any atom is -0.383 e. The Kier molecular flexibility index (Phi) is 5.91. The number of carbonyl (C=O) groups is 1. The molecule has 1 amide bonds. The van der Waals surface area contributed by atoms with Gasteiger partial charge in [-0.2, -0.15) is 9.30 Å². The van der Waals surface area contributed by atoms with E-state index in [1.54, 1.807) is 7.11 Å². The minimum absolute atomic E-state index is 0.376. The number of methoxy groups -OCH3 is 1. The lowest BCUT2D eigenvalue weighted by Crippen LogP contribution is -2.47. The Morgan fingerprint density at radius 1 is 1.35 bits per heavy atom. The standard InChI is InChI=1S/C17H23N3O4S2/c1-24-12-11-19-13-7-3-4-9-15(13)25-17(19)18-16(21)14-8-5-6-10-20(14)26(2,22)23/h3-4,7,9,14H,5-6,8,10-12H2,1-2H3. The predicted molar refractivity (Wildman–Crippen MR) is 101 cm³/mol. The lowest BCUT2D eigenvalue weighted by molar-refractivity contribution is -0.122. The van der Waals surface area contributed by atoms with Gasteiger partial charge in [0.25, 0.3) is 5.91 Å². The van der Waals surface area contributed by atoms with Crippen molar-refractivity contribution in [2.24, 2.45) is 4.99 Å². The summed E-state index contributed by atoms with van der Waals surface area (Å²) in [6.45, 7) is 1.45. The SMILES string of the molecule is COCCn1c(=NC(=O)C2CCCCN2S(C)(=O)=O)sc2ccccc21. The Bertz CT molecular complexity index is 962. The van der Waals surface area contributed by atoms with E-state index in [0.717, 1.165) is 29.3 Å². The number of benzene rings is 1. The molecule has 1 aromatic carbocycles. The monoisotopic (exact) mass is 397 g/mol. The van der Waals surface area contributed by atoms with Gasteiger partial charge >= 0.3 is 0 Å². The van der Waals surface area contributed by atoms with Crippen LogP contribution in [0.5, 0.6) is 0 Å². The molecular weight excluding hydrogens is 374 g/mol. The van der Waals surface area contributed by atoms with Crippen molar-refractivity contribution >= 4 is 37.5 Å². The quantitative estimate of drug-likeness (QED) is 0.767. The van der Waals surface area contributed by atoms with E-state index in [1.165, 1.54) is 15.6 Å². The normalized spacial score (nSPS) is 19.9. The van der Waals surface area contributed by atoms with Crippen molar-refractivity contribution in [2.45, 2.75) is 31.8 Å². The summed E-state index contributed by atoms with van der Waals surface area (Å²) in [7, 11) is -1.80. The number of sulfonamides is 1. The maximum absolute atomic E-state index is 12.8. The van der Waals surface area contributed by atoms with Gasteiger partial charge in [0.1, 0.15) is 6.04 Å². The minimum atomic E-state index is -3.43. The summed E-state index contributed by atoms with van der Waals surface area (Å²) in [5, 5.41) is 0. The summed E-state index contributed by atoms with van der Waals surface area (Å²) in [6, 6.07) is 7.14. The third-order valence-electron chi connectivity index (χ3n) is 4.48. The zero-order valence-corrected chi connectivity index (χ0v) is 16.6. The summed E-state index contributed by atoms with van der Waals surface area (Å²) in [5.74, 6) is -0.396. The predicted octanol–water partition coefficient (Wildman–Crippen LogP) is 1.59. The average molecular weight is 398 g/mol. The van der Waals surface area contributed by atoms with Crippen LogP contribution >= 0.6 is 11.3 Å². The number of nitrogens with zero attached hydrogens (tertiary/aromatic N) is 3. The van der Waals surface area contributed by atoms with E-state index in [0.29, 0.717) is 30.9 Å². The number of amides is 1. The average Bonchev–Trinajstić information content (AvgIpc) is 2.96. The van der Waals surface area contributed by atoms with E-state index in [9.17, 15) is 13.2 Å². The van der Waals surface area contributed by atoms with Gasteiger partial charge in [0, 0.05) is 20.2 Å². The number of para-hydroxylation sites is 1. The molecule has 2 aromatic rings. The van der Waals surface area contributed by atoms with Crippen LogP contribution in [0.15, 0.2) is 29.3 Å². The van der Waals surface area contributed by atoms with E-state index < -0.39 is 22.0 Å². The molecule has 1 unspecified atom stereocenters. The summed E-state index contributed by atoms with van der Waals surface area (Å²) in [5.41, 5.74) is 0.990. The number of rotatable bonds is 5. The smallest absolute Gasteiger partial charge is 0.266 e. The maximum Gasteiger partial charge on any atom is 0.266 e. The van der Waals surface area contributed by atoms with Gasteiger partial charge in [0.05, 0.1) is 23.1 Å². The Hall–Kier alpha value is -1.55. The van der Waals surface area contributed by atoms with E-state index in [4.69, 9.17) is 4.74 Å². The molecule has 142 valence electrons. The zero-order valence-electron chi connectivity index (χ0n) is 14.9. The fourth-order valence-corrected chi connectivity index (χ4v) is 5.40. The number of hydrogen-bond donors (Lipinski definition) is 0. The summed E-state index contributed by atoms with van der Waals surface area (Å²) < 4.78 is 33.5. The number of aromatic nitrogens is 1. The van der Waals surface area contributed by atoms with Crippen LogP contribution in [0.1, 0.15) is 19.3 Å². The fourth-order valence-electron chi connectivity index (χ4n) is 3.22. The van der Waals surface area contributed by atoms with Crippen LogP contribution in [0.4, 0.5) is 0 Å². The van der Waals surface area contributed by atoms with Crippen molar-refractivity contribution in [2.75, 3.05) is 26.5 Å². The Morgan fingerprint density at radius 3 is 2.85 bits per heavy atom. The molecular formula is C17H23N3O4S2. The first-order valence-corrected chi connectivity index (χ1v) is 11.2. The molecule has 1 aliphatic heterocycles. The van der Waals surface area contributed by atoms with Gasteiger partial charge in [-0.3, -0.25) is 4.79 Å².